The normalized spacial score (nSPS) is 18.0. The molecule has 1 unspecified atom stereocenters. The molecular formula is C20H33N3O2. The molecule has 0 saturated carbocycles. The number of nitrogens with zero attached hydrogens (tertiary/aromatic N) is 2. The number of nitrogens with one attached hydrogen (secondary N) is 1. The second kappa shape index (κ2) is 10.4. The second-order valence-electron chi connectivity index (χ2n) is 6.96. The lowest BCUT2D eigenvalue weighted by Crippen LogP contribution is -2.41. The number of hydrogen-bond acceptors (Lipinski definition) is 3. The van der Waals surface area contributed by atoms with Crippen molar-refractivity contribution in [3.63, 3.8) is 0 Å². The van der Waals surface area contributed by atoms with Gasteiger partial charge in [0.25, 0.3) is 0 Å². The molecule has 1 N–H and O–H groups in total. The maximum Gasteiger partial charge on any atom is 0.193 e. The standard InChI is InChI=1S/C20H33N3O2/c1-5-21-20(23(4)13-19-10-11-24-14-19)22-12-17-6-8-18(9-7-17)15-25-16(2)3/h6-9,16,19H,5,10-15H2,1-4H3,(H,21,22). The summed E-state index contributed by atoms with van der Waals surface area (Å²) in [6.07, 6.45) is 1.40. The van der Waals surface area contributed by atoms with Gasteiger partial charge in [-0.2, -0.15) is 0 Å². The minimum atomic E-state index is 0.257. The fraction of sp³-hybridized carbons (Fsp3) is 0.650. The first-order valence-electron chi connectivity index (χ1n) is 9.35. The zero-order valence-corrected chi connectivity index (χ0v) is 16.1. The lowest BCUT2D eigenvalue weighted by Gasteiger charge is -2.24. The van der Waals surface area contributed by atoms with Gasteiger partial charge in [0.05, 0.1) is 25.9 Å². The summed E-state index contributed by atoms with van der Waals surface area (Å²) in [5.74, 6) is 1.57. The second-order valence-corrected chi connectivity index (χ2v) is 6.96. The molecule has 1 aromatic carbocycles. The molecule has 1 aromatic rings. The Bertz CT molecular complexity index is 522. The molecule has 0 aliphatic carbocycles. The topological polar surface area (TPSA) is 46.1 Å². The van der Waals surface area contributed by atoms with Crippen LogP contribution >= 0.6 is 0 Å². The smallest absolute Gasteiger partial charge is 0.193 e. The molecule has 0 amide bonds. The molecule has 1 atom stereocenters. The van der Waals surface area contributed by atoms with E-state index in [1.165, 1.54) is 11.1 Å². The minimum Gasteiger partial charge on any atom is -0.381 e. The molecule has 1 fully saturated rings. The van der Waals surface area contributed by atoms with Gasteiger partial charge in [0.1, 0.15) is 0 Å². The highest BCUT2D eigenvalue weighted by atomic mass is 16.5. The summed E-state index contributed by atoms with van der Waals surface area (Å²) in [5.41, 5.74) is 2.41. The summed E-state index contributed by atoms with van der Waals surface area (Å²) in [6, 6.07) is 8.52. The Balaban J connectivity index is 1.90. The lowest BCUT2D eigenvalue weighted by atomic mass is 10.1. The van der Waals surface area contributed by atoms with Gasteiger partial charge in [-0.25, -0.2) is 4.99 Å². The average molecular weight is 348 g/mol. The Hall–Kier alpha value is -1.59. The van der Waals surface area contributed by atoms with Crippen LogP contribution in [0.3, 0.4) is 0 Å². The zero-order valence-electron chi connectivity index (χ0n) is 16.1. The molecule has 0 aromatic heterocycles. The lowest BCUT2D eigenvalue weighted by molar-refractivity contribution is 0.0657. The van der Waals surface area contributed by atoms with Gasteiger partial charge in [0.15, 0.2) is 5.96 Å². The van der Waals surface area contributed by atoms with Gasteiger partial charge in [0.2, 0.25) is 0 Å². The Morgan fingerprint density at radius 3 is 2.64 bits per heavy atom. The molecule has 1 aliphatic heterocycles. The van der Waals surface area contributed by atoms with Crippen molar-refractivity contribution in [1.82, 2.24) is 10.2 Å². The molecule has 25 heavy (non-hydrogen) atoms. The summed E-state index contributed by atoms with van der Waals surface area (Å²) >= 11 is 0. The Morgan fingerprint density at radius 1 is 1.32 bits per heavy atom. The molecule has 2 rings (SSSR count). The van der Waals surface area contributed by atoms with Crippen LogP contribution < -0.4 is 5.32 Å². The predicted molar refractivity (Wildman–Crippen MR) is 103 cm³/mol. The van der Waals surface area contributed by atoms with Gasteiger partial charge < -0.3 is 19.7 Å². The molecule has 1 aliphatic rings. The number of hydrogen-bond donors (Lipinski definition) is 1. The summed E-state index contributed by atoms with van der Waals surface area (Å²) in [6.45, 7) is 11.2. The third-order valence-corrected chi connectivity index (χ3v) is 4.27. The van der Waals surface area contributed by atoms with E-state index in [1.807, 2.05) is 0 Å². The summed E-state index contributed by atoms with van der Waals surface area (Å²) in [4.78, 5) is 7.00. The van der Waals surface area contributed by atoms with Crippen molar-refractivity contribution in [2.24, 2.45) is 10.9 Å². The average Bonchev–Trinajstić information content (AvgIpc) is 3.10. The van der Waals surface area contributed by atoms with Crippen molar-refractivity contribution in [3.8, 4) is 0 Å². The van der Waals surface area contributed by atoms with Crippen LogP contribution in [0.1, 0.15) is 38.3 Å². The quantitative estimate of drug-likeness (QED) is 0.580. The van der Waals surface area contributed by atoms with E-state index in [1.54, 1.807) is 0 Å². The SMILES string of the molecule is CCNC(=NCc1ccc(COC(C)C)cc1)N(C)CC1CCOC1. The summed E-state index contributed by atoms with van der Waals surface area (Å²) in [7, 11) is 2.10. The Morgan fingerprint density at radius 2 is 2.04 bits per heavy atom. The van der Waals surface area contributed by atoms with Crippen molar-refractivity contribution < 1.29 is 9.47 Å². The molecule has 1 saturated heterocycles. The van der Waals surface area contributed by atoms with Gasteiger partial charge in [0, 0.05) is 32.7 Å². The third kappa shape index (κ3) is 7.04. The highest BCUT2D eigenvalue weighted by Crippen LogP contribution is 2.13. The monoisotopic (exact) mass is 347 g/mol. The van der Waals surface area contributed by atoms with Crippen molar-refractivity contribution in [3.05, 3.63) is 35.4 Å². The Kier molecular flexibility index (Phi) is 8.22. The number of rotatable bonds is 8. The van der Waals surface area contributed by atoms with E-state index in [0.29, 0.717) is 19.1 Å². The summed E-state index contributed by atoms with van der Waals surface area (Å²) in [5, 5.41) is 3.39. The van der Waals surface area contributed by atoms with Crippen LogP contribution in [0, 0.1) is 5.92 Å². The van der Waals surface area contributed by atoms with Crippen LogP contribution in [0.25, 0.3) is 0 Å². The van der Waals surface area contributed by atoms with Crippen LogP contribution in [0.15, 0.2) is 29.3 Å². The minimum absolute atomic E-state index is 0.257. The van der Waals surface area contributed by atoms with E-state index in [-0.39, 0.29) is 6.10 Å². The molecule has 5 nitrogen and oxygen atoms in total. The van der Waals surface area contributed by atoms with Crippen LogP contribution in [0.5, 0.6) is 0 Å². The van der Waals surface area contributed by atoms with E-state index in [2.05, 4.69) is 62.3 Å². The van der Waals surface area contributed by atoms with E-state index in [9.17, 15) is 0 Å². The van der Waals surface area contributed by atoms with E-state index in [4.69, 9.17) is 14.5 Å². The zero-order chi connectivity index (χ0) is 18.1. The van der Waals surface area contributed by atoms with Crippen LogP contribution in [-0.4, -0.2) is 50.3 Å². The van der Waals surface area contributed by atoms with Gasteiger partial charge in [-0.1, -0.05) is 24.3 Å². The van der Waals surface area contributed by atoms with Crippen molar-refractivity contribution in [2.45, 2.75) is 46.4 Å². The molecule has 0 bridgehead atoms. The van der Waals surface area contributed by atoms with Gasteiger partial charge in [-0.05, 0) is 38.3 Å². The number of aliphatic imine (C=N–C) groups is 1. The van der Waals surface area contributed by atoms with E-state index >= 15 is 0 Å². The highest BCUT2D eigenvalue weighted by Gasteiger charge is 2.18. The number of guanidine groups is 1. The molecule has 0 spiro atoms. The molecule has 1 heterocycles. The molecular weight excluding hydrogens is 314 g/mol. The van der Waals surface area contributed by atoms with Crippen molar-refractivity contribution >= 4 is 5.96 Å². The predicted octanol–water partition coefficient (Wildman–Crippen LogP) is 3.05. The van der Waals surface area contributed by atoms with Crippen LogP contribution in [0.2, 0.25) is 0 Å². The van der Waals surface area contributed by atoms with Gasteiger partial charge >= 0.3 is 0 Å². The van der Waals surface area contributed by atoms with Crippen LogP contribution in [0.4, 0.5) is 0 Å². The fourth-order valence-electron chi connectivity index (χ4n) is 2.84. The van der Waals surface area contributed by atoms with Crippen molar-refractivity contribution in [2.75, 3.05) is 33.4 Å². The summed E-state index contributed by atoms with van der Waals surface area (Å²) < 4.78 is 11.1. The highest BCUT2D eigenvalue weighted by molar-refractivity contribution is 5.79. The number of ether oxygens (including phenoxy) is 2. The molecule has 0 radical (unpaired) electrons. The maximum atomic E-state index is 5.64. The first-order chi connectivity index (χ1) is 12.1. The fourth-order valence-corrected chi connectivity index (χ4v) is 2.84. The Labute approximate surface area is 152 Å². The maximum absolute atomic E-state index is 5.64. The van der Waals surface area contributed by atoms with Gasteiger partial charge in [-0.15, -0.1) is 0 Å². The van der Waals surface area contributed by atoms with Crippen LogP contribution in [-0.2, 0) is 22.6 Å². The molecule has 140 valence electrons. The van der Waals surface area contributed by atoms with E-state index in [0.717, 1.165) is 38.7 Å². The van der Waals surface area contributed by atoms with Crippen molar-refractivity contribution in [1.29, 1.82) is 0 Å². The first-order valence-corrected chi connectivity index (χ1v) is 9.35. The molecule has 5 heteroatoms. The largest absolute Gasteiger partial charge is 0.381 e. The first kappa shape index (κ1) is 19.7. The van der Waals surface area contributed by atoms with Gasteiger partial charge in [-0.3, -0.25) is 0 Å². The third-order valence-electron chi connectivity index (χ3n) is 4.27. The van der Waals surface area contributed by atoms with E-state index < -0.39 is 0 Å². The number of benzene rings is 1.